The highest BCUT2D eigenvalue weighted by molar-refractivity contribution is 5.87. The summed E-state index contributed by atoms with van der Waals surface area (Å²) in [6.45, 7) is 2.49. The molecule has 5 rings (SSSR count). The topological polar surface area (TPSA) is 104 Å². The first-order valence-corrected chi connectivity index (χ1v) is 12.5. The SMILES string of the molecule is Cn1cc(-c2cc(-c3ccc(N4CCC(C)(C(=O)NCCC(F)(F)F)CC4)nc3)c3c(C#N)cnn3c2)cn1. The average molecular weight is 537 g/mol. The molecule has 39 heavy (non-hydrogen) atoms. The lowest BCUT2D eigenvalue weighted by Gasteiger charge is -2.38. The van der Waals surface area contributed by atoms with E-state index < -0.39 is 24.6 Å². The number of nitrogens with zero attached hydrogens (tertiary/aromatic N) is 7. The molecule has 0 atom stereocenters. The van der Waals surface area contributed by atoms with Gasteiger partial charge in [-0.3, -0.25) is 9.48 Å². The molecule has 9 nitrogen and oxygen atoms in total. The van der Waals surface area contributed by atoms with Crippen molar-refractivity contribution in [1.29, 1.82) is 5.26 Å². The third kappa shape index (κ3) is 5.43. The molecule has 1 aliphatic rings. The van der Waals surface area contributed by atoms with Gasteiger partial charge < -0.3 is 10.2 Å². The number of alkyl halides is 3. The van der Waals surface area contributed by atoms with E-state index in [4.69, 9.17) is 0 Å². The summed E-state index contributed by atoms with van der Waals surface area (Å²) in [7, 11) is 1.84. The number of carbonyl (C=O) groups excluding carboxylic acids is 1. The highest BCUT2D eigenvalue weighted by Crippen LogP contribution is 2.35. The van der Waals surface area contributed by atoms with E-state index in [2.05, 4.69) is 31.5 Å². The Bertz CT molecular complexity index is 1540. The summed E-state index contributed by atoms with van der Waals surface area (Å²) in [6, 6.07) is 8.04. The number of pyridine rings is 2. The lowest BCUT2D eigenvalue weighted by Crippen LogP contribution is -2.48. The number of nitrogens with one attached hydrogen (secondary N) is 1. The van der Waals surface area contributed by atoms with Crippen LogP contribution in [0, 0.1) is 16.7 Å². The number of aryl methyl sites for hydroxylation is 1. The fraction of sp³-hybridized carbons (Fsp3) is 0.370. The van der Waals surface area contributed by atoms with Crippen LogP contribution in [-0.4, -0.2) is 56.1 Å². The van der Waals surface area contributed by atoms with E-state index in [9.17, 15) is 23.2 Å². The molecule has 4 aromatic rings. The molecule has 0 bridgehead atoms. The van der Waals surface area contributed by atoms with E-state index in [0.29, 0.717) is 37.0 Å². The molecule has 12 heteroatoms. The molecule has 0 spiro atoms. The van der Waals surface area contributed by atoms with Gasteiger partial charge in [-0.05, 0) is 31.0 Å². The highest BCUT2D eigenvalue weighted by Gasteiger charge is 2.37. The maximum absolute atomic E-state index is 12.6. The number of halogens is 3. The third-order valence-electron chi connectivity index (χ3n) is 7.26. The van der Waals surface area contributed by atoms with Crippen LogP contribution in [0.3, 0.4) is 0 Å². The molecule has 0 unspecified atom stereocenters. The van der Waals surface area contributed by atoms with Crippen molar-refractivity contribution in [2.24, 2.45) is 12.5 Å². The molecule has 5 heterocycles. The molecular weight excluding hydrogens is 509 g/mol. The fourth-order valence-electron chi connectivity index (χ4n) is 4.87. The van der Waals surface area contributed by atoms with Crippen LogP contribution in [0.25, 0.3) is 27.8 Å². The van der Waals surface area contributed by atoms with Crippen LogP contribution in [0.2, 0.25) is 0 Å². The van der Waals surface area contributed by atoms with Gasteiger partial charge in [0, 0.05) is 72.9 Å². The lowest BCUT2D eigenvalue weighted by atomic mass is 9.79. The number of hydrogen-bond acceptors (Lipinski definition) is 6. The first-order valence-electron chi connectivity index (χ1n) is 12.5. The third-order valence-corrected chi connectivity index (χ3v) is 7.26. The largest absolute Gasteiger partial charge is 0.390 e. The summed E-state index contributed by atoms with van der Waals surface area (Å²) in [6.07, 6.45) is 4.50. The molecule has 0 saturated carbocycles. The van der Waals surface area contributed by atoms with Gasteiger partial charge in [0.25, 0.3) is 0 Å². The summed E-state index contributed by atoms with van der Waals surface area (Å²) in [5, 5.41) is 20.7. The van der Waals surface area contributed by atoms with Gasteiger partial charge in [-0.2, -0.15) is 28.6 Å². The summed E-state index contributed by atoms with van der Waals surface area (Å²) in [5.74, 6) is 0.396. The van der Waals surface area contributed by atoms with E-state index in [0.717, 1.165) is 28.1 Å². The second kappa shape index (κ2) is 10.1. The van der Waals surface area contributed by atoms with Gasteiger partial charge in [0.15, 0.2) is 0 Å². The summed E-state index contributed by atoms with van der Waals surface area (Å²) < 4.78 is 40.7. The zero-order valence-electron chi connectivity index (χ0n) is 21.5. The molecule has 1 aliphatic heterocycles. The Morgan fingerprint density at radius 1 is 1.10 bits per heavy atom. The lowest BCUT2D eigenvalue weighted by molar-refractivity contribution is -0.139. The number of fused-ring (bicyclic) bond motifs is 1. The highest BCUT2D eigenvalue weighted by atomic mass is 19.4. The number of anilines is 1. The maximum atomic E-state index is 12.6. The zero-order chi connectivity index (χ0) is 27.8. The minimum atomic E-state index is -4.30. The van der Waals surface area contributed by atoms with Crippen LogP contribution >= 0.6 is 0 Å². The minimum Gasteiger partial charge on any atom is -0.357 e. The maximum Gasteiger partial charge on any atom is 0.390 e. The Kier molecular flexibility index (Phi) is 6.76. The molecule has 0 aromatic carbocycles. The normalized spacial score (nSPS) is 15.3. The van der Waals surface area contributed by atoms with E-state index in [1.807, 2.05) is 37.6 Å². The minimum absolute atomic E-state index is 0.346. The molecule has 0 radical (unpaired) electrons. The summed E-state index contributed by atoms with van der Waals surface area (Å²) in [5.41, 5.74) is 3.85. The second-order valence-corrected chi connectivity index (χ2v) is 10.1. The number of carbonyl (C=O) groups is 1. The van der Waals surface area contributed by atoms with Crippen molar-refractivity contribution in [3.63, 3.8) is 0 Å². The van der Waals surface area contributed by atoms with E-state index in [-0.39, 0.29) is 5.91 Å². The Labute approximate surface area is 222 Å². The van der Waals surface area contributed by atoms with Crippen molar-refractivity contribution >= 4 is 17.2 Å². The Morgan fingerprint density at radius 3 is 2.49 bits per heavy atom. The van der Waals surface area contributed by atoms with Crippen molar-refractivity contribution in [2.75, 3.05) is 24.5 Å². The van der Waals surface area contributed by atoms with Gasteiger partial charge in [-0.15, -0.1) is 0 Å². The number of nitriles is 1. The molecule has 4 aromatic heterocycles. The fourth-order valence-corrected chi connectivity index (χ4v) is 4.87. The van der Waals surface area contributed by atoms with Gasteiger partial charge in [0.2, 0.25) is 5.91 Å². The number of aromatic nitrogens is 5. The quantitative estimate of drug-likeness (QED) is 0.393. The Balaban J connectivity index is 1.34. The van der Waals surface area contributed by atoms with Gasteiger partial charge >= 0.3 is 6.18 Å². The van der Waals surface area contributed by atoms with E-state index in [1.54, 1.807) is 28.5 Å². The van der Waals surface area contributed by atoms with Crippen LogP contribution in [0.5, 0.6) is 0 Å². The van der Waals surface area contributed by atoms with Crippen LogP contribution in [0.15, 0.2) is 49.2 Å². The molecule has 1 N–H and O–H groups in total. The second-order valence-electron chi connectivity index (χ2n) is 10.1. The summed E-state index contributed by atoms with van der Waals surface area (Å²) in [4.78, 5) is 19.3. The van der Waals surface area contributed by atoms with Gasteiger partial charge in [0.1, 0.15) is 11.9 Å². The molecule has 202 valence electrons. The monoisotopic (exact) mass is 536 g/mol. The number of hydrogen-bond donors (Lipinski definition) is 1. The Morgan fingerprint density at radius 2 is 1.87 bits per heavy atom. The number of piperidine rings is 1. The number of rotatable bonds is 6. The smallest absolute Gasteiger partial charge is 0.357 e. The van der Waals surface area contributed by atoms with Gasteiger partial charge in [-0.1, -0.05) is 6.92 Å². The van der Waals surface area contributed by atoms with Gasteiger partial charge in [-0.25, -0.2) is 9.50 Å². The first kappa shape index (κ1) is 26.2. The molecule has 0 aliphatic carbocycles. The van der Waals surface area contributed by atoms with Crippen molar-refractivity contribution < 1.29 is 18.0 Å². The molecule has 1 fully saturated rings. The van der Waals surface area contributed by atoms with Crippen molar-refractivity contribution in [2.45, 2.75) is 32.4 Å². The standard InChI is InChI=1S/C27H27F3N8O/c1-26(25(39)32-8-5-27(28,29)30)6-9-37(10-7-26)23-4-3-18(13-33-23)22-11-19(21-15-34-36(2)16-21)17-38-24(22)20(12-31)14-35-38/h3-4,11,13-17H,5-10H2,1-2H3,(H,32,39). The van der Waals surface area contributed by atoms with Crippen LogP contribution in [0.1, 0.15) is 31.7 Å². The van der Waals surface area contributed by atoms with Crippen molar-refractivity contribution in [1.82, 2.24) is 29.7 Å². The van der Waals surface area contributed by atoms with E-state index >= 15 is 0 Å². The predicted molar refractivity (Wildman–Crippen MR) is 139 cm³/mol. The van der Waals surface area contributed by atoms with E-state index in [1.165, 1.54) is 6.20 Å². The predicted octanol–water partition coefficient (Wildman–Crippen LogP) is 4.34. The van der Waals surface area contributed by atoms with Crippen molar-refractivity contribution in [3.05, 3.63) is 54.7 Å². The van der Waals surface area contributed by atoms with Crippen molar-refractivity contribution in [3.8, 4) is 28.3 Å². The molecular formula is C27H27F3N8O. The van der Waals surface area contributed by atoms with Crippen LogP contribution < -0.4 is 10.2 Å². The zero-order valence-corrected chi connectivity index (χ0v) is 21.5. The first-order chi connectivity index (χ1) is 18.6. The average Bonchev–Trinajstić information content (AvgIpc) is 3.54. The summed E-state index contributed by atoms with van der Waals surface area (Å²) >= 11 is 0. The molecule has 1 amide bonds. The van der Waals surface area contributed by atoms with Crippen LogP contribution in [0.4, 0.5) is 19.0 Å². The molecule has 1 saturated heterocycles. The van der Waals surface area contributed by atoms with Gasteiger partial charge in [0.05, 0.1) is 29.9 Å². The Hall–Kier alpha value is -4.40. The number of amides is 1. The van der Waals surface area contributed by atoms with Crippen LogP contribution in [-0.2, 0) is 11.8 Å².